The first kappa shape index (κ1) is 25.9. The molecule has 3 aromatic rings. The van der Waals surface area contributed by atoms with E-state index in [9.17, 15) is 32.7 Å². The molecule has 3 atom stereocenters. The predicted molar refractivity (Wildman–Crippen MR) is 130 cm³/mol. The van der Waals surface area contributed by atoms with Crippen LogP contribution in [0, 0.1) is 23.7 Å². The lowest BCUT2D eigenvalue weighted by Crippen LogP contribution is -2.34. The van der Waals surface area contributed by atoms with Crippen molar-refractivity contribution in [3.8, 4) is 5.75 Å². The Morgan fingerprint density at radius 3 is 2.42 bits per heavy atom. The van der Waals surface area contributed by atoms with Gasteiger partial charge in [0, 0.05) is 11.5 Å². The Labute approximate surface area is 215 Å². The molecule has 5 rings (SSSR count). The number of fused-ring (bicyclic) bond motifs is 1. The van der Waals surface area contributed by atoms with Crippen LogP contribution in [0.2, 0.25) is 0 Å². The molecule has 38 heavy (non-hydrogen) atoms. The minimum atomic E-state index is -4.64. The third-order valence-electron chi connectivity index (χ3n) is 7.72. The number of Topliss-reactive ketones (excluding diaryl/α,β-unsaturated/α-hetero) is 1. The maximum absolute atomic E-state index is 13.3. The summed E-state index contributed by atoms with van der Waals surface area (Å²) in [7, 11) is 0. The topological polar surface area (TPSA) is 111 Å². The van der Waals surface area contributed by atoms with Gasteiger partial charge in [0.25, 0.3) is 5.56 Å². The van der Waals surface area contributed by atoms with Crippen LogP contribution in [0.4, 0.5) is 13.2 Å². The van der Waals surface area contributed by atoms with E-state index in [-0.39, 0.29) is 23.2 Å². The third-order valence-corrected chi connectivity index (χ3v) is 7.72. The first-order valence-corrected chi connectivity index (χ1v) is 12.6. The number of carboxylic acid groups (broad SMARTS) is 1. The molecule has 0 saturated heterocycles. The van der Waals surface area contributed by atoms with Gasteiger partial charge in [-0.15, -0.1) is 5.10 Å². The number of aromatic nitrogens is 3. The number of hydrogen-bond donors (Lipinski definition) is 1. The molecule has 1 N–H and O–H groups in total. The second-order valence-corrected chi connectivity index (χ2v) is 10.1. The van der Waals surface area contributed by atoms with Crippen molar-refractivity contribution in [2.45, 2.75) is 44.8 Å². The van der Waals surface area contributed by atoms with Gasteiger partial charge in [0.15, 0.2) is 5.78 Å². The first-order valence-electron chi connectivity index (χ1n) is 12.6. The van der Waals surface area contributed by atoms with Crippen LogP contribution in [0.15, 0.2) is 47.3 Å². The van der Waals surface area contributed by atoms with Crippen molar-refractivity contribution in [2.75, 3.05) is 6.61 Å². The average molecular weight is 530 g/mol. The highest BCUT2D eigenvalue weighted by molar-refractivity contribution is 6.00. The number of benzene rings is 2. The van der Waals surface area contributed by atoms with Crippen LogP contribution in [0.5, 0.6) is 5.75 Å². The van der Waals surface area contributed by atoms with Crippen molar-refractivity contribution in [3.63, 3.8) is 0 Å². The second kappa shape index (κ2) is 10.2. The number of carbonyl (C=O) groups excluding carboxylic acids is 1. The van der Waals surface area contributed by atoms with Crippen LogP contribution >= 0.6 is 0 Å². The largest absolute Gasteiger partial charge is 0.493 e. The van der Waals surface area contributed by atoms with E-state index < -0.39 is 41.0 Å². The monoisotopic (exact) mass is 529 g/mol. The Hall–Kier alpha value is -3.76. The smallest absolute Gasteiger partial charge is 0.416 e. The van der Waals surface area contributed by atoms with Crippen molar-refractivity contribution in [1.29, 1.82) is 0 Å². The molecule has 11 heteroatoms. The fourth-order valence-electron chi connectivity index (χ4n) is 5.35. The van der Waals surface area contributed by atoms with Gasteiger partial charge in [0.1, 0.15) is 11.3 Å². The van der Waals surface area contributed by atoms with Gasteiger partial charge < -0.3 is 9.84 Å². The number of halogens is 3. The third kappa shape index (κ3) is 5.14. The van der Waals surface area contributed by atoms with E-state index in [0.29, 0.717) is 36.7 Å². The average Bonchev–Trinajstić information content (AvgIpc) is 3.28. The van der Waals surface area contributed by atoms with Crippen LogP contribution < -0.4 is 10.3 Å². The summed E-state index contributed by atoms with van der Waals surface area (Å²) in [5.41, 5.74) is -1.40. The predicted octanol–water partition coefficient (Wildman–Crippen LogP) is 4.60. The Kier molecular flexibility index (Phi) is 6.93. The second-order valence-electron chi connectivity index (χ2n) is 10.1. The SMILES string of the molecule is O=C(c1ccc(OCC2CCC2)cc1)C1CCC(Cn2nnc3ccc(C(F)(F)F)cc3c2=O)C1C(=O)O. The highest BCUT2D eigenvalue weighted by atomic mass is 19.4. The number of hydrogen-bond acceptors (Lipinski definition) is 6. The van der Waals surface area contributed by atoms with Crippen molar-refractivity contribution in [1.82, 2.24) is 15.0 Å². The van der Waals surface area contributed by atoms with Crippen LogP contribution in [0.25, 0.3) is 10.9 Å². The van der Waals surface area contributed by atoms with Gasteiger partial charge in [0.2, 0.25) is 0 Å². The minimum absolute atomic E-state index is 0.00799. The van der Waals surface area contributed by atoms with E-state index >= 15 is 0 Å². The summed E-state index contributed by atoms with van der Waals surface area (Å²) in [5.74, 6) is -2.78. The quantitative estimate of drug-likeness (QED) is 0.425. The van der Waals surface area contributed by atoms with Crippen LogP contribution in [-0.4, -0.2) is 38.5 Å². The summed E-state index contributed by atoms with van der Waals surface area (Å²) in [4.78, 5) is 38.4. The summed E-state index contributed by atoms with van der Waals surface area (Å²) in [6, 6.07) is 9.27. The van der Waals surface area contributed by atoms with E-state index in [1.807, 2.05) is 0 Å². The number of aliphatic carboxylic acids is 1. The fourth-order valence-corrected chi connectivity index (χ4v) is 5.35. The molecule has 2 aliphatic carbocycles. The van der Waals surface area contributed by atoms with Crippen molar-refractivity contribution >= 4 is 22.7 Å². The number of nitrogens with zero attached hydrogens (tertiary/aromatic N) is 3. The molecule has 0 radical (unpaired) electrons. The number of carbonyl (C=O) groups is 2. The Morgan fingerprint density at radius 2 is 1.79 bits per heavy atom. The van der Waals surface area contributed by atoms with Gasteiger partial charge >= 0.3 is 12.1 Å². The lowest BCUT2D eigenvalue weighted by Gasteiger charge is -2.25. The standard InChI is InChI=1S/C27H26F3N3O5/c28-27(29,30)18-7-11-22-21(12-18)25(35)33(32-31-22)13-17-6-10-20(23(17)26(36)37)24(34)16-4-8-19(9-5-16)38-14-15-2-1-3-15/h4-5,7-9,11-12,15,17,20,23H,1-3,6,10,13-14H2,(H,36,37). The number of rotatable bonds is 8. The maximum atomic E-state index is 13.3. The molecule has 0 bridgehead atoms. The normalized spacial score (nSPS) is 21.8. The van der Waals surface area contributed by atoms with E-state index in [0.717, 1.165) is 35.7 Å². The fraction of sp³-hybridized carbons (Fsp3) is 0.444. The number of alkyl halides is 3. The maximum Gasteiger partial charge on any atom is 0.416 e. The van der Waals surface area contributed by atoms with E-state index in [1.54, 1.807) is 24.3 Å². The number of ketones is 1. The molecule has 2 saturated carbocycles. The van der Waals surface area contributed by atoms with Crippen molar-refractivity contribution in [2.24, 2.45) is 23.7 Å². The summed E-state index contributed by atoms with van der Waals surface area (Å²) in [6.07, 6.45) is -0.471. The Bertz CT molecular complexity index is 1420. The summed E-state index contributed by atoms with van der Waals surface area (Å²) in [6.45, 7) is 0.458. The van der Waals surface area contributed by atoms with Gasteiger partial charge in [-0.3, -0.25) is 14.4 Å². The van der Waals surface area contributed by atoms with Crippen molar-refractivity contribution in [3.05, 3.63) is 63.9 Å². The molecular weight excluding hydrogens is 503 g/mol. The van der Waals surface area contributed by atoms with Crippen LogP contribution in [0.1, 0.15) is 48.0 Å². The first-order chi connectivity index (χ1) is 18.1. The highest BCUT2D eigenvalue weighted by Gasteiger charge is 2.45. The van der Waals surface area contributed by atoms with E-state index in [1.165, 1.54) is 6.42 Å². The molecule has 1 aromatic heterocycles. The molecule has 8 nitrogen and oxygen atoms in total. The zero-order valence-electron chi connectivity index (χ0n) is 20.4. The van der Waals surface area contributed by atoms with E-state index in [4.69, 9.17) is 4.74 Å². The Balaban J connectivity index is 1.33. The highest BCUT2D eigenvalue weighted by Crippen LogP contribution is 2.40. The summed E-state index contributed by atoms with van der Waals surface area (Å²) >= 11 is 0. The van der Waals surface area contributed by atoms with Gasteiger partial charge in [-0.1, -0.05) is 11.6 Å². The van der Waals surface area contributed by atoms with Gasteiger partial charge in [-0.25, -0.2) is 4.68 Å². The summed E-state index contributed by atoms with van der Waals surface area (Å²) in [5, 5.41) is 17.4. The van der Waals surface area contributed by atoms with Gasteiger partial charge in [-0.2, -0.15) is 13.2 Å². The number of ether oxygens (including phenoxy) is 1. The molecule has 2 aromatic carbocycles. The zero-order valence-corrected chi connectivity index (χ0v) is 20.4. The molecule has 3 unspecified atom stereocenters. The lowest BCUT2D eigenvalue weighted by molar-refractivity contribution is -0.144. The molecule has 0 spiro atoms. The molecule has 0 amide bonds. The molecule has 2 fully saturated rings. The Morgan fingerprint density at radius 1 is 1.05 bits per heavy atom. The minimum Gasteiger partial charge on any atom is -0.493 e. The summed E-state index contributed by atoms with van der Waals surface area (Å²) < 4.78 is 46.1. The van der Waals surface area contributed by atoms with Gasteiger partial charge in [0.05, 0.1) is 30.0 Å². The van der Waals surface area contributed by atoms with E-state index in [2.05, 4.69) is 10.3 Å². The van der Waals surface area contributed by atoms with Crippen LogP contribution in [0.3, 0.4) is 0 Å². The van der Waals surface area contributed by atoms with Gasteiger partial charge in [-0.05, 0) is 80.0 Å². The molecule has 2 aliphatic rings. The molecule has 0 aliphatic heterocycles. The van der Waals surface area contributed by atoms with Crippen molar-refractivity contribution < 1.29 is 32.6 Å². The van der Waals surface area contributed by atoms with Crippen LogP contribution in [-0.2, 0) is 17.5 Å². The number of carboxylic acids is 1. The molecule has 1 heterocycles. The molecule has 200 valence electrons. The molecular formula is C27H26F3N3O5. The zero-order chi connectivity index (χ0) is 27.0. The lowest BCUT2D eigenvalue weighted by atomic mass is 9.84.